The Balaban J connectivity index is 1.41. The van der Waals surface area contributed by atoms with E-state index in [1.54, 1.807) is 12.5 Å². The molecular formula is C20H27N3O2. The lowest BCUT2D eigenvalue weighted by Crippen LogP contribution is -2.41. The lowest BCUT2D eigenvalue weighted by molar-refractivity contribution is -0.133. The van der Waals surface area contributed by atoms with Crippen molar-refractivity contribution in [3.05, 3.63) is 48.5 Å². The van der Waals surface area contributed by atoms with E-state index < -0.39 is 0 Å². The maximum absolute atomic E-state index is 12.5. The smallest absolute Gasteiger partial charge is 0.222 e. The van der Waals surface area contributed by atoms with E-state index in [2.05, 4.69) is 24.0 Å². The van der Waals surface area contributed by atoms with Crippen LogP contribution in [0.2, 0.25) is 0 Å². The summed E-state index contributed by atoms with van der Waals surface area (Å²) in [5.74, 6) is 1.61. The Hall–Kier alpha value is -2.30. The van der Waals surface area contributed by atoms with Gasteiger partial charge in [-0.1, -0.05) is 12.1 Å². The molecule has 134 valence electrons. The molecule has 5 nitrogen and oxygen atoms in total. The van der Waals surface area contributed by atoms with Crippen LogP contribution >= 0.6 is 0 Å². The quantitative estimate of drug-likeness (QED) is 0.776. The van der Waals surface area contributed by atoms with E-state index in [9.17, 15) is 4.79 Å². The number of amides is 1. The van der Waals surface area contributed by atoms with Crippen LogP contribution in [-0.4, -0.2) is 40.1 Å². The molecule has 0 saturated carbocycles. The number of piperidine rings is 1. The van der Waals surface area contributed by atoms with Crippen molar-refractivity contribution < 1.29 is 9.53 Å². The molecule has 1 aliphatic heterocycles. The Morgan fingerprint density at radius 3 is 3.12 bits per heavy atom. The first-order chi connectivity index (χ1) is 12.2. The SMILES string of the molecule is Cc1cccc(OC[C@@H]2CCCN(C(=O)CCCn3ccnc3)C2)c1. The van der Waals surface area contributed by atoms with E-state index in [0.29, 0.717) is 18.9 Å². The van der Waals surface area contributed by atoms with E-state index in [1.807, 2.05) is 27.8 Å². The van der Waals surface area contributed by atoms with Crippen LogP contribution in [0.1, 0.15) is 31.2 Å². The predicted molar refractivity (Wildman–Crippen MR) is 97.4 cm³/mol. The normalized spacial score (nSPS) is 17.5. The van der Waals surface area contributed by atoms with Gasteiger partial charge in [-0.3, -0.25) is 4.79 Å². The van der Waals surface area contributed by atoms with Crippen molar-refractivity contribution in [3.8, 4) is 5.75 Å². The van der Waals surface area contributed by atoms with Gasteiger partial charge in [0.25, 0.3) is 0 Å². The van der Waals surface area contributed by atoms with Crippen LogP contribution < -0.4 is 4.74 Å². The molecule has 1 atom stereocenters. The molecule has 1 aliphatic rings. The van der Waals surface area contributed by atoms with Gasteiger partial charge in [0, 0.05) is 44.4 Å². The van der Waals surface area contributed by atoms with Crippen LogP contribution in [0.25, 0.3) is 0 Å². The zero-order chi connectivity index (χ0) is 17.5. The van der Waals surface area contributed by atoms with Crippen LogP contribution in [0.5, 0.6) is 5.75 Å². The number of carbonyl (C=O) groups excluding carboxylic acids is 1. The highest BCUT2D eigenvalue weighted by Crippen LogP contribution is 2.20. The fourth-order valence-corrected chi connectivity index (χ4v) is 3.34. The third-order valence-electron chi connectivity index (χ3n) is 4.71. The highest BCUT2D eigenvalue weighted by molar-refractivity contribution is 5.76. The number of aryl methyl sites for hydroxylation is 2. The minimum absolute atomic E-state index is 0.264. The fourth-order valence-electron chi connectivity index (χ4n) is 3.34. The van der Waals surface area contributed by atoms with E-state index >= 15 is 0 Å². The number of ether oxygens (including phenoxy) is 1. The molecule has 1 fully saturated rings. The molecular weight excluding hydrogens is 314 g/mol. The number of carbonyl (C=O) groups is 1. The van der Waals surface area contributed by atoms with E-state index in [4.69, 9.17) is 4.74 Å². The molecule has 1 saturated heterocycles. The number of benzene rings is 1. The third-order valence-corrected chi connectivity index (χ3v) is 4.71. The summed E-state index contributed by atoms with van der Waals surface area (Å²) in [5, 5.41) is 0. The van der Waals surface area contributed by atoms with Crippen molar-refractivity contribution in [2.24, 2.45) is 5.92 Å². The van der Waals surface area contributed by atoms with Gasteiger partial charge in [-0.05, 0) is 43.9 Å². The number of aromatic nitrogens is 2. The summed E-state index contributed by atoms with van der Waals surface area (Å²) < 4.78 is 7.95. The Kier molecular flexibility index (Phi) is 6.09. The number of hydrogen-bond acceptors (Lipinski definition) is 3. The van der Waals surface area contributed by atoms with Gasteiger partial charge in [-0.15, -0.1) is 0 Å². The van der Waals surface area contributed by atoms with Crippen molar-refractivity contribution in [1.29, 1.82) is 0 Å². The van der Waals surface area contributed by atoms with E-state index in [-0.39, 0.29) is 5.91 Å². The Morgan fingerprint density at radius 1 is 1.40 bits per heavy atom. The van der Waals surface area contributed by atoms with Crippen molar-refractivity contribution in [2.75, 3.05) is 19.7 Å². The fraction of sp³-hybridized carbons (Fsp3) is 0.500. The number of rotatable bonds is 7. The average molecular weight is 341 g/mol. The average Bonchev–Trinajstić information content (AvgIpc) is 3.14. The van der Waals surface area contributed by atoms with Crippen LogP contribution in [-0.2, 0) is 11.3 Å². The van der Waals surface area contributed by atoms with Gasteiger partial charge in [-0.25, -0.2) is 4.98 Å². The van der Waals surface area contributed by atoms with Gasteiger partial charge in [0.05, 0.1) is 12.9 Å². The first kappa shape index (κ1) is 17.5. The number of likely N-dealkylation sites (tertiary alicyclic amines) is 1. The summed E-state index contributed by atoms with van der Waals surface area (Å²) in [6, 6.07) is 8.13. The molecule has 0 unspecified atom stereocenters. The highest BCUT2D eigenvalue weighted by atomic mass is 16.5. The Labute approximate surface area is 149 Å². The first-order valence-corrected chi connectivity index (χ1v) is 9.14. The maximum Gasteiger partial charge on any atom is 0.222 e. The topological polar surface area (TPSA) is 47.4 Å². The van der Waals surface area contributed by atoms with Crippen LogP contribution in [0.3, 0.4) is 0 Å². The molecule has 2 aromatic rings. The molecule has 1 amide bonds. The summed E-state index contributed by atoms with van der Waals surface area (Å²) in [5.41, 5.74) is 1.20. The molecule has 2 heterocycles. The van der Waals surface area contributed by atoms with E-state index in [0.717, 1.165) is 44.6 Å². The lowest BCUT2D eigenvalue weighted by atomic mass is 9.98. The maximum atomic E-state index is 12.5. The van der Waals surface area contributed by atoms with Crippen LogP contribution in [0, 0.1) is 12.8 Å². The molecule has 1 aromatic carbocycles. The zero-order valence-electron chi connectivity index (χ0n) is 14.9. The summed E-state index contributed by atoms with van der Waals surface area (Å²) in [6.07, 6.45) is 9.15. The number of nitrogens with zero attached hydrogens (tertiary/aromatic N) is 3. The van der Waals surface area contributed by atoms with Gasteiger partial charge in [-0.2, -0.15) is 0 Å². The summed E-state index contributed by atoms with van der Waals surface area (Å²) in [4.78, 5) is 18.5. The largest absolute Gasteiger partial charge is 0.493 e. The number of imidazole rings is 1. The molecule has 0 radical (unpaired) electrons. The van der Waals surface area contributed by atoms with Gasteiger partial charge in [0.1, 0.15) is 5.75 Å². The molecule has 0 spiro atoms. The van der Waals surface area contributed by atoms with Crippen molar-refractivity contribution >= 4 is 5.91 Å². The second-order valence-corrected chi connectivity index (χ2v) is 6.88. The van der Waals surface area contributed by atoms with Gasteiger partial charge < -0.3 is 14.2 Å². The first-order valence-electron chi connectivity index (χ1n) is 9.14. The van der Waals surface area contributed by atoms with Crippen LogP contribution in [0.4, 0.5) is 0 Å². The van der Waals surface area contributed by atoms with Gasteiger partial charge in [0.2, 0.25) is 5.91 Å². The molecule has 3 rings (SSSR count). The molecule has 1 aromatic heterocycles. The minimum atomic E-state index is 0.264. The third kappa shape index (κ3) is 5.34. The van der Waals surface area contributed by atoms with Gasteiger partial charge in [0.15, 0.2) is 0 Å². The van der Waals surface area contributed by atoms with Gasteiger partial charge >= 0.3 is 0 Å². The number of hydrogen-bond donors (Lipinski definition) is 0. The predicted octanol–water partition coefficient (Wildman–Crippen LogP) is 3.29. The van der Waals surface area contributed by atoms with Crippen molar-refractivity contribution in [3.63, 3.8) is 0 Å². The molecule has 5 heteroatoms. The van der Waals surface area contributed by atoms with Crippen molar-refractivity contribution in [1.82, 2.24) is 14.5 Å². The zero-order valence-corrected chi connectivity index (χ0v) is 14.9. The van der Waals surface area contributed by atoms with E-state index in [1.165, 1.54) is 5.56 Å². The molecule has 0 aliphatic carbocycles. The summed E-state index contributed by atoms with van der Waals surface area (Å²) in [6.45, 7) is 5.29. The van der Waals surface area contributed by atoms with Crippen LogP contribution in [0.15, 0.2) is 43.0 Å². The second-order valence-electron chi connectivity index (χ2n) is 6.88. The highest BCUT2D eigenvalue weighted by Gasteiger charge is 2.23. The van der Waals surface area contributed by atoms with Crippen molar-refractivity contribution in [2.45, 2.75) is 39.2 Å². The second kappa shape index (κ2) is 8.70. The molecule has 0 N–H and O–H groups in total. The standard InChI is InChI=1S/C20H27N3O2/c1-17-5-2-7-19(13-17)25-15-18-6-3-11-23(14-18)20(24)8-4-10-22-12-9-21-16-22/h2,5,7,9,12-13,16,18H,3-4,6,8,10-11,14-15H2,1H3/t18-/m1/s1. The lowest BCUT2D eigenvalue weighted by Gasteiger charge is -2.32. The molecule has 25 heavy (non-hydrogen) atoms. The monoisotopic (exact) mass is 341 g/mol. The summed E-state index contributed by atoms with van der Waals surface area (Å²) >= 11 is 0. The minimum Gasteiger partial charge on any atom is -0.493 e. The Morgan fingerprint density at radius 2 is 2.32 bits per heavy atom. The Bertz CT molecular complexity index is 669. The molecule has 0 bridgehead atoms. The summed E-state index contributed by atoms with van der Waals surface area (Å²) in [7, 11) is 0.